The van der Waals surface area contributed by atoms with Crippen molar-refractivity contribution in [3.05, 3.63) is 72.3 Å². The van der Waals surface area contributed by atoms with Gasteiger partial charge in [-0.15, -0.1) is 11.5 Å². The fourth-order valence-corrected chi connectivity index (χ4v) is 3.87. The van der Waals surface area contributed by atoms with E-state index in [9.17, 15) is 5.11 Å². The van der Waals surface area contributed by atoms with Crippen molar-refractivity contribution in [2.45, 2.75) is 25.6 Å². The lowest BCUT2D eigenvalue weighted by Crippen LogP contribution is -2.39. The first-order valence-corrected chi connectivity index (χ1v) is 10.5. The molecule has 1 nitrogen and oxygen atoms in total. The zero-order chi connectivity index (χ0) is 15.8. The number of aliphatic hydroxyl groups excluding tert-OH is 1. The van der Waals surface area contributed by atoms with E-state index in [0.717, 1.165) is 5.56 Å². The van der Waals surface area contributed by atoms with Crippen LogP contribution < -0.4 is 5.19 Å². The van der Waals surface area contributed by atoms with Crippen LogP contribution in [0.2, 0.25) is 13.1 Å². The first-order valence-electron chi connectivity index (χ1n) is 7.55. The maximum absolute atomic E-state index is 10.0. The van der Waals surface area contributed by atoms with Crippen molar-refractivity contribution in [2.75, 3.05) is 0 Å². The minimum absolute atomic E-state index is 0.479. The molecule has 0 aromatic heterocycles. The molecule has 1 unspecified atom stereocenters. The molecule has 1 atom stereocenters. The van der Waals surface area contributed by atoms with Crippen LogP contribution in [0.3, 0.4) is 0 Å². The van der Waals surface area contributed by atoms with E-state index in [2.05, 4.69) is 48.8 Å². The van der Waals surface area contributed by atoms with Gasteiger partial charge in [-0.2, -0.15) is 0 Å². The molecule has 0 fully saturated rings. The fourth-order valence-electron chi connectivity index (χ4n) is 2.16. The molecule has 0 amide bonds. The van der Waals surface area contributed by atoms with Crippen molar-refractivity contribution in [3.8, 4) is 11.5 Å². The highest BCUT2D eigenvalue weighted by atomic mass is 28.3. The summed E-state index contributed by atoms with van der Waals surface area (Å²) in [5.41, 5.74) is 4.49. The molecule has 0 saturated heterocycles. The van der Waals surface area contributed by atoms with Gasteiger partial charge in [0, 0.05) is 6.42 Å². The van der Waals surface area contributed by atoms with E-state index in [0.29, 0.717) is 6.42 Å². The number of hydrogen-bond acceptors (Lipinski definition) is 1. The Labute approximate surface area is 134 Å². The summed E-state index contributed by atoms with van der Waals surface area (Å²) in [5, 5.41) is 11.3. The Hall–Kier alpha value is -2.08. The molecule has 0 radical (unpaired) electrons. The van der Waals surface area contributed by atoms with Crippen molar-refractivity contribution in [1.82, 2.24) is 0 Å². The molecule has 2 rings (SSSR count). The van der Waals surface area contributed by atoms with E-state index in [-0.39, 0.29) is 0 Å². The second kappa shape index (κ2) is 7.79. The Morgan fingerprint density at radius 3 is 2.23 bits per heavy atom. The van der Waals surface area contributed by atoms with Gasteiger partial charge in [0.1, 0.15) is 0 Å². The molecule has 22 heavy (non-hydrogen) atoms. The third-order valence-corrected chi connectivity index (χ3v) is 6.10. The fraction of sp³-hybridized carbons (Fsp3) is 0.200. The molecule has 112 valence electrons. The summed E-state index contributed by atoms with van der Waals surface area (Å²) in [4.78, 5) is 0. The van der Waals surface area contributed by atoms with Crippen LogP contribution in [0.5, 0.6) is 0 Å². The molecule has 0 heterocycles. The Morgan fingerprint density at radius 1 is 1.00 bits per heavy atom. The Morgan fingerprint density at radius 2 is 1.59 bits per heavy atom. The number of benzene rings is 2. The molecule has 0 aliphatic rings. The smallest absolute Gasteiger partial charge is 0.162 e. The van der Waals surface area contributed by atoms with Crippen molar-refractivity contribution < 1.29 is 5.11 Å². The molecule has 0 bridgehead atoms. The molecule has 2 aromatic carbocycles. The molecule has 2 aromatic rings. The van der Waals surface area contributed by atoms with Gasteiger partial charge < -0.3 is 5.11 Å². The minimum atomic E-state index is -1.73. The van der Waals surface area contributed by atoms with Crippen molar-refractivity contribution in [1.29, 1.82) is 0 Å². The van der Waals surface area contributed by atoms with E-state index in [1.807, 2.05) is 42.5 Å². The van der Waals surface area contributed by atoms with Gasteiger partial charge in [0.25, 0.3) is 0 Å². The molecule has 2 heteroatoms. The highest BCUT2D eigenvalue weighted by Gasteiger charge is 2.20. The van der Waals surface area contributed by atoms with Crippen LogP contribution in [0, 0.1) is 11.5 Å². The summed E-state index contributed by atoms with van der Waals surface area (Å²) in [6, 6.07) is 20.4. The average Bonchev–Trinajstić information content (AvgIpc) is 2.54. The summed E-state index contributed by atoms with van der Waals surface area (Å²) < 4.78 is 0. The van der Waals surface area contributed by atoms with Crippen LogP contribution in [-0.4, -0.2) is 19.3 Å². The van der Waals surface area contributed by atoms with Gasteiger partial charge in [-0.25, -0.2) is 0 Å². The standard InChI is InChI=1S/C20H22OSi/c1-22(2,20-13-7-4-8-14-20)17-9-12-19(21)16-15-18-10-5-3-6-11-18/h3-8,10-11,13-16,19,21H,12H2,1-2H3/b16-15+. The first kappa shape index (κ1) is 16.3. The second-order valence-corrected chi connectivity index (χ2v) is 9.91. The van der Waals surface area contributed by atoms with Crippen molar-refractivity contribution >= 4 is 19.3 Å². The SMILES string of the molecule is C[Si](C)(C#CCC(O)/C=C/c1ccccc1)c1ccccc1. The molecule has 0 saturated carbocycles. The van der Waals surface area contributed by atoms with Gasteiger partial charge in [0.05, 0.1) is 6.10 Å². The highest BCUT2D eigenvalue weighted by Crippen LogP contribution is 2.05. The van der Waals surface area contributed by atoms with Gasteiger partial charge in [0.15, 0.2) is 8.07 Å². The molecule has 0 spiro atoms. The third kappa shape index (κ3) is 5.03. The van der Waals surface area contributed by atoms with E-state index in [4.69, 9.17) is 0 Å². The zero-order valence-corrected chi connectivity index (χ0v) is 14.2. The summed E-state index contributed by atoms with van der Waals surface area (Å²) in [6.45, 7) is 4.48. The molecular weight excluding hydrogens is 284 g/mol. The Bertz CT molecular complexity index is 663. The van der Waals surface area contributed by atoms with E-state index < -0.39 is 14.2 Å². The summed E-state index contributed by atoms with van der Waals surface area (Å²) in [6.07, 6.45) is 3.70. The van der Waals surface area contributed by atoms with E-state index >= 15 is 0 Å². The molecular formula is C20H22OSi. The number of rotatable bonds is 4. The van der Waals surface area contributed by atoms with Gasteiger partial charge in [-0.05, 0) is 10.8 Å². The van der Waals surface area contributed by atoms with Crippen molar-refractivity contribution in [3.63, 3.8) is 0 Å². The average molecular weight is 306 g/mol. The van der Waals surface area contributed by atoms with Crippen LogP contribution in [0.1, 0.15) is 12.0 Å². The van der Waals surface area contributed by atoms with Crippen LogP contribution in [0.15, 0.2) is 66.7 Å². The van der Waals surface area contributed by atoms with Crippen LogP contribution in [0.25, 0.3) is 6.08 Å². The lowest BCUT2D eigenvalue weighted by Gasteiger charge is -2.15. The van der Waals surface area contributed by atoms with Gasteiger partial charge >= 0.3 is 0 Å². The molecule has 1 N–H and O–H groups in total. The molecule has 0 aliphatic carbocycles. The summed E-state index contributed by atoms with van der Waals surface area (Å²) in [5.74, 6) is 3.17. The zero-order valence-electron chi connectivity index (χ0n) is 13.2. The summed E-state index contributed by atoms with van der Waals surface area (Å²) in [7, 11) is -1.73. The van der Waals surface area contributed by atoms with E-state index in [1.165, 1.54) is 5.19 Å². The Balaban J connectivity index is 1.94. The topological polar surface area (TPSA) is 20.2 Å². The quantitative estimate of drug-likeness (QED) is 0.676. The van der Waals surface area contributed by atoms with Gasteiger partial charge in [-0.3, -0.25) is 0 Å². The van der Waals surface area contributed by atoms with Crippen LogP contribution >= 0.6 is 0 Å². The Kier molecular flexibility index (Phi) is 5.77. The predicted octanol–water partition coefficient (Wildman–Crippen LogP) is 3.61. The monoisotopic (exact) mass is 306 g/mol. The maximum Gasteiger partial charge on any atom is 0.162 e. The lowest BCUT2D eigenvalue weighted by atomic mass is 10.1. The van der Waals surface area contributed by atoms with E-state index in [1.54, 1.807) is 6.08 Å². The van der Waals surface area contributed by atoms with Crippen LogP contribution in [0.4, 0.5) is 0 Å². The largest absolute Gasteiger partial charge is 0.388 e. The summed E-state index contributed by atoms with van der Waals surface area (Å²) >= 11 is 0. The van der Waals surface area contributed by atoms with Gasteiger partial charge in [-0.1, -0.05) is 85.9 Å². The number of hydrogen-bond donors (Lipinski definition) is 1. The highest BCUT2D eigenvalue weighted by molar-refractivity contribution is 6.96. The van der Waals surface area contributed by atoms with Crippen molar-refractivity contribution in [2.24, 2.45) is 0 Å². The predicted molar refractivity (Wildman–Crippen MR) is 97.4 cm³/mol. The first-order chi connectivity index (χ1) is 10.6. The number of aliphatic hydroxyl groups is 1. The maximum atomic E-state index is 10.0. The third-order valence-electron chi connectivity index (χ3n) is 3.52. The lowest BCUT2D eigenvalue weighted by molar-refractivity contribution is 0.230. The second-order valence-electron chi connectivity index (χ2n) is 5.83. The molecule has 0 aliphatic heterocycles. The minimum Gasteiger partial charge on any atom is -0.388 e. The normalized spacial score (nSPS) is 12.7. The van der Waals surface area contributed by atoms with Gasteiger partial charge in [0.2, 0.25) is 0 Å². The van der Waals surface area contributed by atoms with Crippen LogP contribution in [-0.2, 0) is 0 Å².